The molecule has 0 aromatic rings. The number of carbonyl (C=O) groups excluding carboxylic acids is 3. The molecule has 0 saturated heterocycles. The van der Waals surface area contributed by atoms with Crippen LogP contribution in [0.3, 0.4) is 0 Å². The van der Waals surface area contributed by atoms with E-state index in [2.05, 4.69) is 99.8 Å². The zero-order valence-corrected chi connectivity index (χ0v) is 43.9. The lowest BCUT2D eigenvalue weighted by atomic mass is 10.1. The summed E-state index contributed by atoms with van der Waals surface area (Å²) in [7, 11) is 0. The largest absolute Gasteiger partial charge is 0.462 e. The van der Waals surface area contributed by atoms with E-state index in [0.29, 0.717) is 19.3 Å². The maximum atomic E-state index is 12.8. The number of allylic oxidation sites excluding steroid dienone is 14. The van der Waals surface area contributed by atoms with Gasteiger partial charge < -0.3 is 14.2 Å². The molecule has 6 nitrogen and oxygen atoms in total. The molecule has 0 heterocycles. The number of unbranched alkanes of at least 4 members (excludes halogenated alkanes) is 25. The van der Waals surface area contributed by atoms with Gasteiger partial charge in [0, 0.05) is 19.3 Å². The summed E-state index contributed by atoms with van der Waals surface area (Å²) in [4.78, 5) is 38.0. The third kappa shape index (κ3) is 53.4. The number of esters is 3. The Labute approximate surface area is 414 Å². The molecule has 67 heavy (non-hydrogen) atoms. The average Bonchev–Trinajstić information content (AvgIpc) is 3.33. The smallest absolute Gasteiger partial charge is 0.306 e. The lowest BCUT2D eigenvalue weighted by molar-refractivity contribution is -0.166. The molecule has 0 fully saturated rings. The highest BCUT2D eigenvalue weighted by Gasteiger charge is 2.19. The maximum absolute atomic E-state index is 12.8. The molecule has 0 aromatic heterocycles. The quantitative estimate of drug-likeness (QED) is 0.0262. The van der Waals surface area contributed by atoms with Crippen LogP contribution in [0.2, 0.25) is 0 Å². The van der Waals surface area contributed by atoms with E-state index in [1.54, 1.807) is 0 Å². The molecule has 0 aliphatic rings. The van der Waals surface area contributed by atoms with Crippen LogP contribution in [0.4, 0.5) is 0 Å². The number of hydrogen-bond donors (Lipinski definition) is 0. The number of rotatable bonds is 50. The van der Waals surface area contributed by atoms with Gasteiger partial charge in [0.05, 0.1) is 0 Å². The highest BCUT2D eigenvalue weighted by molar-refractivity contribution is 5.71. The van der Waals surface area contributed by atoms with Gasteiger partial charge in [0.25, 0.3) is 0 Å². The molecule has 1 atom stereocenters. The number of ether oxygens (including phenoxy) is 3. The minimum atomic E-state index is -0.813. The summed E-state index contributed by atoms with van der Waals surface area (Å²) in [5.74, 6) is -1.00. The third-order valence-corrected chi connectivity index (χ3v) is 11.9. The average molecular weight is 933 g/mol. The summed E-state index contributed by atoms with van der Waals surface area (Å²) in [6.07, 6.45) is 71.6. The van der Waals surface area contributed by atoms with Crippen LogP contribution < -0.4 is 0 Å². The first-order valence-electron chi connectivity index (χ1n) is 28.1. The highest BCUT2D eigenvalue weighted by atomic mass is 16.6. The van der Waals surface area contributed by atoms with E-state index in [9.17, 15) is 14.4 Å². The SMILES string of the molecule is CC/C=C\C/C=C\C/C=C\C/C=C\CCC(=O)OCC(COC(=O)CCCCCCCCCCC/C=C\CCCCCCCCCC)OC(=O)CCCCCCC/C=C\C/C=C\CCCCC. The molecule has 1 unspecified atom stereocenters. The first kappa shape index (κ1) is 63.6. The summed E-state index contributed by atoms with van der Waals surface area (Å²) >= 11 is 0. The van der Waals surface area contributed by atoms with E-state index in [4.69, 9.17) is 14.2 Å². The monoisotopic (exact) mass is 933 g/mol. The van der Waals surface area contributed by atoms with Crippen molar-refractivity contribution in [3.63, 3.8) is 0 Å². The molecule has 0 aromatic carbocycles. The minimum absolute atomic E-state index is 0.105. The van der Waals surface area contributed by atoms with Crippen molar-refractivity contribution >= 4 is 17.9 Å². The molecule has 0 radical (unpaired) electrons. The number of carbonyl (C=O) groups is 3. The molecule has 6 heteroatoms. The van der Waals surface area contributed by atoms with Gasteiger partial charge in [-0.1, -0.05) is 228 Å². The van der Waals surface area contributed by atoms with Gasteiger partial charge in [-0.05, 0) is 103 Å². The van der Waals surface area contributed by atoms with Crippen LogP contribution in [0.1, 0.15) is 265 Å². The van der Waals surface area contributed by atoms with E-state index < -0.39 is 6.10 Å². The van der Waals surface area contributed by atoms with Crippen LogP contribution in [-0.2, 0) is 28.6 Å². The van der Waals surface area contributed by atoms with Crippen LogP contribution in [0, 0.1) is 0 Å². The standard InChI is InChI=1S/C61H104O6/c1-4-7-10-13-16-19-22-25-27-28-29-30-31-32-34-36-39-42-45-48-51-54-60(63)66-57-58(56-65-59(62)53-50-47-44-41-38-35-24-21-18-15-12-9-6-3)67-61(64)55-52-49-46-43-40-37-33-26-23-20-17-14-11-8-5-2/h9,12,17-18,20-21,26,28-29,33,35,38,44,47,58H,4-8,10-11,13-16,19,22-25,27,30-32,34,36-37,39-43,45-46,48-57H2,1-3H3/b12-9-,20-17-,21-18-,29-28-,33-26-,38-35-,47-44-. The summed E-state index contributed by atoms with van der Waals surface area (Å²) < 4.78 is 16.8. The Balaban J connectivity index is 4.41. The van der Waals surface area contributed by atoms with Crippen LogP contribution in [0.15, 0.2) is 85.1 Å². The van der Waals surface area contributed by atoms with Gasteiger partial charge in [0.15, 0.2) is 6.10 Å². The number of hydrogen-bond acceptors (Lipinski definition) is 6. The zero-order valence-electron chi connectivity index (χ0n) is 43.9. The van der Waals surface area contributed by atoms with Gasteiger partial charge in [0.1, 0.15) is 13.2 Å². The maximum Gasteiger partial charge on any atom is 0.306 e. The Hall–Kier alpha value is -3.41. The predicted octanol–water partition coefficient (Wildman–Crippen LogP) is 18.8. The zero-order chi connectivity index (χ0) is 48.6. The fourth-order valence-electron chi connectivity index (χ4n) is 7.66. The fourth-order valence-corrected chi connectivity index (χ4v) is 7.66. The topological polar surface area (TPSA) is 78.9 Å². The van der Waals surface area contributed by atoms with Gasteiger partial charge >= 0.3 is 17.9 Å². The van der Waals surface area contributed by atoms with Crippen molar-refractivity contribution in [2.24, 2.45) is 0 Å². The third-order valence-electron chi connectivity index (χ3n) is 11.9. The summed E-state index contributed by atoms with van der Waals surface area (Å²) in [5.41, 5.74) is 0. The Morgan fingerprint density at radius 2 is 0.612 bits per heavy atom. The molecule has 0 bridgehead atoms. The Kier molecular flexibility index (Phi) is 52.4. The molecule has 0 amide bonds. The van der Waals surface area contributed by atoms with Gasteiger partial charge in [-0.3, -0.25) is 14.4 Å². The van der Waals surface area contributed by atoms with Gasteiger partial charge in [-0.25, -0.2) is 0 Å². The second kappa shape index (κ2) is 55.2. The Morgan fingerprint density at radius 1 is 0.313 bits per heavy atom. The summed E-state index contributed by atoms with van der Waals surface area (Å²) in [6, 6.07) is 0. The second-order valence-corrected chi connectivity index (χ2v) is 18.5. The molecular formula is C61H104O6. The lowest BCUT2D eigenvalue weighted by Crippen LogP contribution is -2.30. The van der Waals surface area contributed by atoms with Crippen molar-refractivity contribution in [3.05, 3.63) is 85.1 Å². The molecule has 0 aliphatic carbocycles. The molecule has 384 valence electrons. The van der Waals surface area contributed by atoms with Gasteiger partial charge in [-0.15, -0.1) is 0 Å². The molecule has 0 aliphatic heterocycles. The first-order valence-corrected chi connectivity index (χ1v) is 28.1. The van der Waals surface area contributed by atoms with E-state index in [1.165, 1.54) is 128 Å². The first-order chi connectivity index (χ1) is 33.0. The molecule has 0 N–H and O–H groups in total. The van der Waals surface area contributed by atoms with Crippen molar-refractivity contribution < 1.29 is 28.6 Å². The van der Waals surface area contributed by atoms with Crippen molar-refractivity contribution in [3.8, 4) is 0 Å². The molecule has 0 rings (SSSR count). The lowest BCUT2D eigenvalue weighted by Gasteiger charge is -2.18. The van der Waals surface area contributed by atoms with E-state index in [0.717, 1.165) is 89.9 Å². The van der Waals surface area contributed by atoms with Crippen molar-refractivity contribution in [2.75, 3.05) is 13.2 Å². The fraction of sp³-hybridized carbons (Fsp3) is 0.721. The van der Waals surface area contributed by atoms with E-state index in [-0.39, 0.29) is 37.5 Å². The van der Waals surface area contributed by atoms with Crippen LogP contribution in [0.25, 0.3) is 0 Å². The van der Waals surface area contributed by atoms with E-state index in [1.807, 2.05) is 6.08 Å². The van der Waals surface area contributed by atoms with Crippen molar-refractivity contribution in [2.45, 2.75) is 271 Å². The summed E-state index contributed by atoms with van der Waals surface area (Å²) in [6.45, 7) is 6.43. The Morgan fingerprint density at radius 3 is 1.04 bits per heavy atom. The van der Waals surface area contributed by atoms with E-state index >= 15 is 0 Å². The van der Waals surface area contributed by atoms with Crippen LogP contribution >= 0.6 is 0 Å². The van der Waals surface area contributed by atoms with Crippen molar-refractivity contribution in [1.29, 1.82) is 0 Å². The van der Waals surface area contributed by atoms with Gasteiger partial charge in [0.2, 0.25) is 0 Å². The molecular weight excluding hydrogens is 829 g/mol. The summed E-state index contributed by atoms with van der Waals surface area (Å²) in [5, 5.41) is 0. The van der Waals surface area contributed by atoms with Gasteiger partial charge in [-0.2, -0.15) is 0 Å². The predicted molar refractivity (Wildman–Crippen MR) is 288 cm³/mol. The van der Waals surface area contributed by atoms with Crippen molar-refractivity contribution in [1.82, 2.24) is 0 Å². The molecule has 0 saturated carbocycles. The van der Waals surface area contributed by atoms with Crippen LogP contribution in [-0.4, -0.2) is 37.2 Å². The molecule has 0 spiro atoms. The Bertz CT molecular complexity index is 1300. The minimum Gasteiger partial charge on any atom is -0.462 e. The second-order valence-electron chi connectivity index (χ2n) is 18.5. The normalized spacial score (nSPS) is 12.7. The van der Waals surface area contributed by atoms with Crippen LogP contribution in [0.5, 0.6) is 0 Å². The highest BCUT2D eigenvalue weighted by Crippen LogP contribution is 2.15.